The fourth-order valence-corrected chi connectivity index (χ4v) is 2.47. The van der Waals surface area contributed by atoms with Gasteiger partial charge in [0.15, 0.2) is 0 Å². The molecule has 1 aliphatic heterocycles. The van der Waals surface area contributed by atoms with Crippen LogP contribution >= 0.6 is 0 Å². The summed E-state index contributed by atoms with van der Waals surface area (Å²) in [6.07, 6.45) is 4.63. The van der Waals surface area contributed by atoms with E-state index >= 15 is 0 Å². The predicted molar refractivity (Wildman–Crippen MR) is 77.9 cm³/mol. The van der Waals surface area contributed by atoms with E-state index in [1.807, 2.05) is 0 Å². The number of aliphatic hydroxyl groups is 1. The summed E-state index contributed by atoms with van der Waals surface area (Å²) in [6.45, 7) is 4.80. The molecule has 1 saturated heterocycles. The van der Waals surface area contributed by atoms with Crippen LogP contribution in [0.25, 0.3) is 0 Å². The molecule has 0 bridgehead atoms. The molecule has 0 aromatic heterocycles. The van der Waals surface area contributed by atoms with Crippen LogP contribution in [0.2, 0.25) is 0 Å². The zero-order chi connectivity index (χ0) is 14.4. The summed E-state index contributed by atoms with van der Waals surface area (Å²) < 4.78 is 5.39. The van der Waals surface area contributed by atoms with Gasteiger partial charge >= 0.3 is 0 Å². The maximum Gasteiger partial charge on any atom is 0.254 e. The Bertz CT molecular complexity index is 455. The van der Waals surface area contributed by atoms with Crippen LogP contribution in [0.3, 0.4) is 0 Å². The van der Waals surface area contributed by atoms with Gasteiger partial charge < -0.3 is 14.7 Å². The van der Waals surface area contributed by atoms with Gasteiger partial charge in [0.1, 0.15) is 12.4 Å². The molecule has 4 heteroatoms. The van der Waals surface area contributed by atoms with Gasteiger partial charge in [0.25, 0.3) is 5.91 Å². The largest absolute Gasteiger partial charge is 0.490 e. The first-order valence-corrected chi connectivity index (χ1v) is 7.02. The van der Waals surface area contributed by atoms with Crippen LogP contribution in [0.15, 0.2) is 36.9 Å². The number of nitrogens with zero attached hydrogens (tertiary/aromatic N) is 1. The Morgan fingerprint density at radius 2 is 2.15 bits per heavy atom. The molecule has 0 saturated carbocycles. The molecule has 1 amide bonds. The first-order valence-electron chi connectivity index (χ1n) is 7.02. The minimum Gasteiger partial charge on any atom is -0.490 e. The molecule has 1 heterocycles. The van der Waals surface area contributed by atoms with E-state index in [0.717, 1.165) is 31.6 Å². The van der Waals surface area contributed by atoms with E-state index in [2.05, 4.69) is 6.58 Å². The van der Waals surface area contributed by atoms with Gasteiger partial charge in [0.05, 0.1) is 12.6 Å². The Balaban J connectivity index is 2.05. The summed E-state index contributed by atoms with van der Waals surface area (Å²) in [5.74, 6) is 0.706. The smallest absolute Gasteiger partial charge is 0.254 e. The number of carbonyl (C=O) groups excluding carboxylic acids is 1. The summed E-state index contributed by atoms with van der Waals surface area (Å²) in [6, 6.07) is 7.06. The zero-order valence-corrected chi connectivity index (χ0v) is 11.6. The highest BCUT2D eigenvalue weighted by atomic mass is 16.5. The minimum absolute atomic E-state index is 0.0148. The zero-order valence-electron chi connectivity index (χ0n) is 11.6. The van der Waals surface area contributed by atoms with E-state index < -0.39 is 0 Å². The van der Waals surface area contributed by atoms with Gasteiger partial charge in [-0.1, -0.05) is 12.7 Å². The van der Waals surface area contributed by atoms with Crippen LogP contribution in [0.1, 0.15) is 29.6 Å². The van der Waals surface area contributed by atoms with Crippen LogP contribution in [-0.2, 0) is 0 Å². The first kappa shape index (κ1) is 14.6. The molecule has 1 aromatic carbocycles. The number of hydrogen-bond acceptors (Lipinski definition) is 3. The maximum atomic E-state index is 12.5. The van der Waals surface area contributed by atoms with Crippen LogP contribution in [0.5, 0.6) is 5.75 Å². The molecule has 1 fully saturated rings. The first-order chi connectivity index (χ1) is 9.76. The summed E-state index contributed by atoms with van der Waals surface area (Å²) in [4.78, 5) is 14.2. The van der Waals surface area contributed by atoms with Crippen molar-refractivity contribution < 1.29 is 14.6 Å². The van der Waals surface area contributed by atoms with Crippen molar-refractivity contribution >= 4 is 5.91 Å². The predicted octanol–water partition coefficient (Wildman–Crippen LogP) is 2.24. The van der Waals surface area contributed by atoms with E-state index in [4.69, 9.17) is 4.74 Å². The third kappa shape index (κ3) is 3.39. The average Bonchev–Trinajstić information content (AvgIpc) is 2.52. The van der Waals surface area contributed by atoms with E-state index in [-0.39, 0.29) is 18.6 Å². The van der Waals surface area contributed by atoms with Gasteiger partial charge in [0, 0.05) is 12.1 Å². The SMILES string of the molecule is C=CCOc1ccc(C(=O)N2CCCCC2CO)cc1. The van der Waals surface area contributed by atoms with Gasteiger partial charge in [-0.25, -0.2) is 0 Å². The maximum absolute atomic E-state index is 12.5. The molecule has 1 N–H and O–H groups in total. The third-order valence-electron chi connectivity index (χ3n) is 3.57. The number of piperidine rings is 1. The van der Waals surface area contributed by atoms with Crippen molar-refractivity contribution in [1.29, 1.82) is 0 Å². The van der Waals surface area contributed by atoms with E-state index in [9.17, 15) is 9.90 Å². The lowest BCUT2D eigenvalue weighted by molar-refractivity contribution is 0.0503. The number of likely N-dealkylation sites (tertiary alicyclic amines) is 1. The minimum atomic E-state index is -0.0482. The Morgan fingerprint density at radius 1 is 1.40 bits per heavy atom. The molecule has 0 spiro atoms. The normalized spacial score (nSPS) is 18.6. The van der Waals surface area contributed by atoms with Crippen molar-refractivity contribution in [1.82, 2.24) is 4.90 Å². The monoisotopic (exact) mass is 275 g/mol. The fraction of sp³-hybridized carbons (Fsp3) is 0.438. The van der Waals surface area contributed by atoms with Crippen molar-refractivity contribution in [3.63, 3.8) is 0 Å². The highest BCUT2D eigenvalue weighted by Gasteiger charge is 2.26. The summed E-state index contributed by atoms with van der Waals surface area (Å²) in [5, 5.41) is 9.38. The molecule has 1 atom stereocenters. The molecule has 20 heavy (non-hydrogen) atoms. The molecule has 0 radical (unpaired) electrons. The summed E-state index contributed by atoms with van der Waals surface area (Å²) in [7, 11) is 0. The standard InChI is InChI=1S/C16H21NO3/c1-2-11-20-15-8-6-13(7-9-15)16(19)17-10-4-3-5-14(17)12-18/h2,6-9,14,18H,1,3-5,10-12H2. The number of aliphatic hydroxyl groups excluding tert-OH is 1. The van der Waals surface area contributed by atoms with Crippen molar-refractivity contribution in [3.05, 3.63) is 42.5 Å². The van der Waals surface area contributed by atoms with Gasteiger partial charge in [-0.2, -0.15) is 0 Å². The second-order valence-electron chi connectivity index (χ2n) is 4.95. The molecule has 1 aromatic rings. The molecule has 2 rings (SSSR count). The Morgan fingerprint density at radius 3 is 2.80 bits per heavy atom. The second-order valence-corrected chi connectivity index (χ2v) is 4.95. The quantitative estimate of drug-likeness (QED) is 0.838. The van der Waals surface area contributed by atoms with Gasteiger partial charge in [0.2, 0.25) is 0 Å². The number of hydrogen-bond donors (Lipinski definition) is 1. The Kier molecular flexibility index (Phi) is 5.18. The van der Waals surface area contributed by atoms with E-state index in [1.165, 1.54) is 0 Å². The molecule has 108 valence electrons. The molecule has 0 aliphatic carbocycles. The number of carbonyl (C=O) groups is 1. The van der Waals surface area contributed by atoms with Crippen LogP contribution < -0.4 is 4.74 Å². The fourth-order valence-electron chi connectivity index (χ4n) is 2.47. The van der Waals surface area contributed by atoms with E-state index in [1.54, 1.807) is 35.2 Å². The molecule has 1 aliphatic rings. The lowest BCUT2D eigenvalue weighted by Crippen LogP contribution is -2.45. The van der Waals surface area contributed by atoms with Crippen LogP contribution in [-0.4, -0.2) is 41.7 Å². The number of benzene rings is 1. The van der Waals surface area contributed by atoms with Crippen molar-refractivity contribution in [3.8, 4) is 5.75 Å². The molecule has 1 unspecified atom stereocenters. The lowest BCUT2D eigenvalue weighted by Gasteiger charge is -2.34. The van der Waals surface area contributed by atoms with Crippen molar-refractivity contribution in [2.24, 2.45) is 0 Å². The average molecular weight is 275 g/mol. The third-order valence-corrected chi connectivity index (χ3v) is 3.57. The Labute approximate surface area is 119 Å². The number of amides is 1. The molecular weight excluding hydrogens is 254 g/mol. The van der Waals surface area contributed by atoms with Gasteiger partial charge in [-0.05, 0) is 43.5 Å². The van der Waals surface area contributed by atoms with Crippen LogP contribution in [0.4, 0.5) is 0 Å². The molecular formula is C16H21NO3. The van der Waals surface area contributed by atoms with Crippen molar-refractivity contribution in [2.45, 2.75) is 25.3 Å². The number of ether oxygens (including phenoxy) is 1. The van der Waals surface area contributed by atoms with Crippen LogP contribution in [0, 0.1) is 0 Å². The van der Waals surface area contributed by atoms with Gasteiger partial charge in [-0.3, -0.25) is 4.79 Å². The second kappa shape index (κ2) is 7.10. The highest BCUT2D eigenvalue weighted by Crippen LogP contribution is 2.20. The van der Waals surface area contributed by atoms with Crippen molar-refractivity contribution in [2.75, 3.05) is 19.8 Å². The highest BCUT2D eigenvalue weighted by molar-refractivity contribution is 5.94. The Hall–Kier alpha value is -1.81. The van der Waals surface area contributed by atoms with E-state index in [0.29, 0.717) is 12.2 Å². The molecule has 4 nitrogen and oxygen atoms in total. The number of rotatable bonds is 5. The summed E-state index contributed by atoms with van der Waals surface area (Å²) in [5.41, 5.74) is 0.635. The topological polar surface area (TPSA) is 49.8 Å². The lowest BCUT2D eigenvalue weighted by atomic mass is 10.0. The van der Waals surface area contributed by atoms with Gasteiger partial charge in [-0.15, -0.1) is 0 Å². The summed E-state index contributed by atoms with van der Waals surface area (Å²) >= 11 is 0.